The molecule has 0 saturated heterocycles. The number of halogens is 8. The number of amidine groups is 8. The molecule has 22 rings (SSSR count). The van der Waals surface area contributed by atoms with Crippen LogP contribution in [0.1, 0.15) is 44.5 Å². The Bertz CT molecular complexity index is 6020. The van der Waals surface area contributed by atoms with Crippen LogP contribution in [-0.4, -0.2) is 165 Å². The van der Waals surface area contributed by atoms with Crippen molar-refractivity contribution in [3.8, 4) is 0 Å². The van der Waals surface area contributed by atoms with E-state index in [0.29, 0.717) is 149 Å². The molecule has 10 aromatic carbocycles. The summed E-state index contributed by atoms with van der Waals surface area (Å²) in [5.41, 5.74) is 9.27. The highest BCUT2D eigenvalue weighted by atomic mass is 28.5. The van der Waals surface area contributed by atoms with Gasteiger partial charge in [0.15, 0.2) is 46.7 Å². The molecule has 584 valence electrons. The molecule has 19 nitrogen and oxygen atoms in total. The summed E-state index contributed by atoms with van der Waals surface area (Å²) >= 11 is -7.39. The van der Waals surface area contributed by atoms with Gasteiger partial charge in [-0.25, -0.2) is 59.9 Å². The van der Waals surface area contributed by atoms with Crippen LogP contribution < -0.4 is 32.3 Å². The maximum atomic E-state index is 9.50. The van der Waals surface area contributed by atoms with Gasteiger partial charge in [0.2, 0.25) is 0 Å². The molecular formula is C86H72Al2F8N16O3Si2. The van der Waals surface area contributed by atoms with Crippen molar-refractivity contribution in [2.24, 2.45) is 59.9 Å². The Hall–Kier alpha value is -12.3. The zero-order chi connectivity index (χ0) is 82.4. The highest BCUT2D eigenvalue weighted by Crippen LogP contribution is 2.45. The molecule has 4 aromatic heterocycles. The van der Waals surface area contributed by atoms with E-state index in [-0.39, 0.29) is 0 Å². The van der Waals surface area contributed by atoms with Crippen molar-refractivity contribution in [1.82, 2.24) is 14.2 Å². The molecule has 0 spiro atoms. The first-order chi connectivity index (χ1) is 57.8. The predicted octanol–water partition coefficient (Wildman–Crippen LogP) is 15.5. The van der Waals surface area contributed by atoms with Gasteiger partial charge in [-0.05, 0) is 23.5 Å². The van der Waals surface area contributed by atoms with Crippen LogP contribution in [0.15, 0.2) is 315 Å². The van der Waals surface area contributed by atoms with Crippen LogP contribution in [0.2, 0.25) is 13.1 Å². The van der Waals surface area contributed by atoms with Crippen LogP contribution in [-0.2, 0) is 11.1 Å². The van der Waals surface area contributed by atoms with Gasteiger partial charge in [0, 0.05) is 87.6 Å². The number of hydrogen-bond donors (Lipinski definition) is 0. The van der Waals surface area contributed by atoms with E-state index in [4.69, 9.17) is 71.0 Å². The van der Waals surface area contributed by atoms with E-state index in [2.05, 4.69) is 173 Å². The molecule has 0 aliphatic carbocycles. The summed E-state index contributed by atoms with van der Waals surface area (Å²) in [6.07, 6.45) is 0. The molecule has 0 N–H and O–H groups in total. The molecule has 2 unspecified atom stereocenters. The van der Waals surface area contributed by atoms with Crippen molar-refractivity contribution in [2.75, 3.05) is 57.4 Å². The first-order valence-corrected chi connectivity index (χ1v) is 44.1. The largest absolute Gasteiger partial charge is 0.800 e. The molecule has 12 bridgehead atoms. The molecule has 8 aliphatic heterocycles. The summed E-state index contributed by atoms with van der Waals surface area (Å²) in [5, 5.41) is 8.48. The molecule has 8 aliphatic rings. The van der Waals surface area contributed by atoms with E-state index in [1.54, 1.807) is 0 Å². The van der Waals surface area contributed by atoms with Crippen molar-refractivity contribution in [3.63, 3.8) is 0 Å². The van der Waals surface area contributed by atoms with Crippen molar-refractivity contribution < 1.29 is 46.2 Å². The summed E-state index contributed by atoms with van der Waals surface area (Å²) in [6.45, 7) is 4.33. The van der Waals surface area contributed by atoms with Gasteiger partial charge in [-0.1, -0.05) is 255 Å². The lowest BCUT2D eigenvalue weighted by Crippen LogP contribution is -2.69. The minimum absolute atomic E-state index is 0.500. The summed E-state index contributed by atoms with van der Waals surface area (Å²) < 4.78 is 111. The van der Waals surface area contributed by atoms with Gasteiger partial charge < -0.3 is 25.3 Å². The molecule has 117 heavy (non-hydrogen) atoms. The Morgan fingerprint density at radius 2 is 0.393 bits per heavy atom. The second-order valence-electron chi connectivity index (χ2n) is 26.0. The fourth-order valence-corrected chi connectivity index (χ4v) is 32.0. The van der Waals surface area contributed by atoms with Crippen LogP contribution in [0.5, 0.6) is 0 Å². The minimum atomic E-state index is -4.20. The van der Waals surface area contributed by atoms with Crippen LogP contribution >= 0.6 is 0 Å². The molecule has 14 aromatic rings. The quantitative estimate of drug-likeness (QED) is 0.108. The standard InChI is InChI=1S/2C32H16N8.C14H16O3Si2.8CH3F.2Al/c2*1-2-10-18-17(9-1)25-33-26(18)38-28-21-13-5-6-14-22(21)30(35-28)40-32-24-16-8-7-15-23(24)31(36-32)39-29-20-12-4-3-11-19(20)27(34-29)37-25;1-18(15,13-9-5-3-6-10-13)17-19(2,16)14-11-7-4-8-12-14;8*1-2;;/h2*1-16H;3-12H,1-2H3;8*1H3;;/q3*-2;;;;;;;;;2*+3. The summed E-state index contributed by atoms with van der Waals surface area (Å²) in [5.74, 6) is 6.57. The van der Waals surface area contributed by atoms with Gasteiger partial charge in [-0.2, -0.15) is 0 Å². The molecule has 0 radical (unpaired) electrons. The van der Waals surface area contributed by atoms with E-state index in [0.717, 1.165) is 98.0 Å². The minimum Gasteiger partial charge on any atom is -0.486 e. The van der Waals surface area contributed by atoms with Crippen molar-refractivity contribution in [1.29, 1.82) is 0 Å². The third-order valence-corrected chi connectivity index (χ3v) is 35.1. The van der Waals surface area contributed by atoms with Gasteiger partial charge in [0.05, 0.1) is 57.4 Å². The van der Waals surface area contributed by atoms with Crippen LogP contribution in [0.4, 0.5) is 58.4 Å². The lowest BCUT2D eigenvalue weighted by Gasteiger charge is -2.41. The lowest BCUT2D eigenvalue weighted by molar-refractivity contribution is 0.338. The number of benzene rings is 10. The first-order valence-electron chi connectivity index (χ1n) is 36.4. The van der Waals surface area contributed by atoms with E-state index in [1.807, 2.05) is 109 Å². The smallest absolute Gasteiger partial charge is 0.486 e. The van der Waals surface area contributed by atoms with Crippen molar-refractivity contribution >= 4 is 170 Å². The maximum absolute atomic E-state index is 9.50. The van der Waals surface area contributed by atoms with Gasteiger partial charge >= 0.3 is 47.0 Å². The SMILES string of the molecule is CF.CF.CF.CF.CF.CF.CF.CF.C[Si]([O][Al]1[n]2c3c4ccccc4c2N=C2N=C(N=c4c5ccccc5c([n]41)=NC1=NC(=N3)c3ccccc31)c1ccccc12)(O[Si](C)([O][Al]1[n]2c3c4ccccc4c2N=C2N=C(N=c4c5ccccc5c([n]41)=NC1=NC(=N3)c3ccccc31)c1ccccc12)c1ccccc1)c1ccccc1. The van der Waals surface area contributed by atoms with Gasteiger partial charge in [0.25, 0.3) is 0 Å². The normalized spacial score (nSPS) is 14.6. The highest BCUT2D eigenvalue weighted by Gasteiger charge is 2.56. The fraction of sp³-hybridized carbons (Fsp3) is 0.116. The van der Waals surface area contributed by atoms with Crippen LogP contribution in [0.25, 0.3) is 43.1 Å². The zero-order valence-corrected chi connectivity index (χ0v) is 69.1. The second-order valence-corrected chi connectivity index (χ2v) is 37.0. The van der Waals surface area contributed by atoms with Gasteiger partial charge in [0.1, 0.15) is 45.2 Å². The number of hydrogen-bond acceptors (Lipinski definition) is 15. The van der Waals surface area contributed by atoms with E-state index in [9.17, 15) is 35.1 Å². The van der Waals surface area contributed by atoms with Crippen molar-refractivity contribution in [2.45, 2.75) is 13.1 Å². The van der Waals surface area contributed by atoms with Crippen molar-refractivity contribution in [3.05, 3.63) is 321 Å². The van der Waals surface area contributed by atoms with E-state index >= 15 is 0 Å². The molecule has 0 saturated carbocycles. The molecule has 0 fully saturated rings. The fourth-order valence-electron chi connectivity index (χ4n) is 15.5. The Labute approximate surface area is 678 Å². The van der Waals surface area contributed by atoms with Crippen LogP contribution in [0.3, 0.4) is 0 Å². The summed E-state index contributed by atoms with van der Waals surface area (Å²) in [7, 11) is -4.41. The summed E-state index contributed by atoms with van der Waals surface area (Å²) in [6, 6.07) is 86.8. The monoisotopic (exact) mass is 1640 g/mol. The molecule has 12 heterocycles. The number of aliphatic imine (C=N–C) groups is 8. The number of rotatable bonds is 8. The maximum Gasteiger partial charge on any atom is 0.800 e. The van der Waals surface area contributed by atoms with E-state index < -0.39 is 47.0 Å². The average Bonchev–Trinajstić information content (AvgIpc) is 1.55. The Morgan fingerprint density at radius 3 is 0.607 bits per heavy atom. The lowest BCUT2D eigenvalue weighted by atomic mass is 10.1. The first kappa shape index (κ1) is 81.3. The average molecular weight is 1640 g/mol. The van der Waals surface area contributed by atoms with Crippen LogP contribution in [0, 0.1) is 0 Å². The zero-order valence-electron chi connectivity index (χ0n) is 64.8. The van der Waals surface area contributed by atoms with Gasteiger partial charge in [-0.3, -0.25) is 35.1 Å². The molecular weight excluding hydrogens is 1570 g/mol. The number of alkyl halides is 8. The highest BCUT2D eigenvalue weighted by molar-refractivity contribution is 6.96. The van der Waals surface area contributed by atoms with Gasteiger partial charge in [-0.15, -0.1) is 0 Å². The Morgan fingerprint density at radius 1 is 0.214 bits per heavy atom. The molecule has 0 amide bonds. The Kier molecular flexibility index (Phi) is 24.4. The van der Waals surface area contributed by atoms with E-state index in [1.165, 1.54) is 0 Å². The number of fused-ring (bicyclic) bond motifs is 28. The third-order valence-electron chi connectivity index (χ3n) is 20.2. The topological polar surface area (TPSA) is 196 Å². The third kappa shape index (κ3) is 13.7. The second kappa shape index (κ2) is 35.1. The number of aromatic nitrogens is 4. The Balaban J connectivity index is 0.000000667. The predicted molar refractivity (Wildman–Crippen MR) is 457 cm³/mol. The molecule has 2 atom stereocenters. The molecule has 31 heteroatoms. The number of nitrogens with zero attached hydrogens (tertiary/aromatic N) is 16. The summed E-state index contributed by atoms with van der Waals surface area (Å²) in [4.78, 5) is 67.3.